The number of sulfonamides is 1. The Morgan fingerprint density at radius 2 is 1.58 bits per heavy atom. The predicted octanol–water partition coefficient (Wildman–Crippen LogP) is 4.41. The molecule has 2 amide bonds. The third-order valence-corrected chi connectivity index (χ3v) is 7.33. The number of benzene rings is 3. The van der Waals surface area contributed by atoms with Gasteiger partial charge in [-0.1, -0.05) is 73.1 Å². The van der Waals surface area contributed by atoms with Crippen molar-refractivity contribution in [3.8, 4) is 0 Å². The summed E-state index contributed by atoms with van der Waals surface area (Å²) in [6.07, 6.45) is 1.89. The average Bonchev–Trinajstić information content (AvgIpc) is 2.89. The van der Waals surface area contributed by atoms with Crippen molar-refractivity contribution < 1.29 is 22.4 Å². The van der Waals surface area contributed by atoms with Crippen molar-refractivity contribution in [3.63, 3.8) is 0 Å². The van der Waals surface area contributed by atoms with Crippen LogP contribution in [0.3, 0.4) is 0 Å². The van der Waals surface area contributed by atoms with Crippen LogP contribution in [0.2, 0.25) is 5.02 Å². The molecular formula is C28H31ClFN3O4S. The zero-order valence-electron chi connectivity index (χ0n) is 21.3. The summed E-state index contributed by atoms with van der Waals surface area (Å²) in [6.45, 7) is 1.73. The van der Waals surface area contributed by atoms with Gasteiger partial charge in [-0.25, -0.2) is 12.8 Å². The van der Waals surface area contributed by atoms with E-state index >= 15 is 0 Å². The Morgan fingerprint density at radius 3 is 2.18 bits per heavy atom. The van der Waals surface area contributed by atoms with E-state index in [1.54, 1.807) is 12.1 Å². The van der Waals surface area contributed by atoms with Gasteiger partial charge in [0.15, 0.2) is 0 Å². The highest BCUT2D eigenvalue weighted by atomic mass is 35.5. The SMILES string of the molecule is CCCNC(=O)[C@H](Cc1ccccc1)N(Cc1ccc(F)cc1)C(=O)CN(c1ccccc1Cl)S(C)(=O)=O. The highest BCUT2D eigenvalue weighted by Crippen LogP contribution is 2.27. The molecule has 0 radical (unpaired) electrons. The first-order chi connectivity index (χ1) is 18.1. The molecule has 0 aliphatic rings. The fraction of sp³-hybridized carbons (Fsp3) is 0.286. The molecule has 3 aromatic rings. The molecule has 0 aliphatic carbocycles. The molecule has 38 heavy (non-hydrogen) atoms. The van der Waals surface area contributed by atoms with Gasteiger partial charge in [0.05, 0.1) is 17.0 Å². The standard InChI is InChI=1S/C28H31ClFN3O4S/c1-3-17-31-28(35)26(18-21-9-5-4-6-10-21)32(19-22-13-15-23(30)16-14-22)27(34)20-33(38(2,36)37)25-12-8-7-11-24(25)29/h4-16,26H,3,17-20H2,1-2H3,(H,31,35)/t26-/m0/s1. The molecule has 0 aromatic heterocycles. The summed E-state index contributed by atoms with van der Waals surface area (Å²) in [6, 6.07) is 20.2. The third kappa shape index (κ3) is 8.03. The lowest BCUT2D eigenvalue weighted by atomic mass is 10.0. The van der Waals surface area contributed by atoms with Gasteiger partial charge >= 0.3 is 0 Å². The molecule has 0 unspecified atom stereocenters. The maximum Gasteiger partial charge on any atom is 0.244 e. The van der Waals surface area contributed by atoms with Crippen LogP contribution >= 0.6 is 11.6 Å². The average molecular weight is 560 g/mol. The van der Waals surface area contributed by atoms with Crippen LogP contribution in [0.4, 0.5) is 10.1 Å². The summed E-state index contributed by atoms with van der Waals surface area (Å²) in [4.78, 5) is 28.6. The van der Waals surface area contributed by atoms with Crippen LogP contribution in [0.1, 0.15) is 24.5 Å². The van der Waals surface area contributed by atoms with Crippen molar-refractivity contribution in [3.05, 3.63) is 101 Å². The van der Waals surface area contributed by atoms with Crippen LogP contribution < -0.4 is 9.62 Å². The number of nitrogens with zero attached hydrogens (tertiary/aromatic N) is 2. The van der Waals surface area contributed by atoms with Crippen molar-refractivity contribution in [1.29, 1.82) is 0 Å². The van der Waals surface area contributed by atoms with Crippen molar-refractivity contribution in [1.82, 2.24) is 10.2 Å². The van der Waals surface area contributed by atoms with Crippen LogP contribution in [0.15, 0.2) is 78.9 Å². The monoisotopic (exact) mass is 559 g/mol. The van der Waals surface area contributed by atoms with Crippen LogP contribution in [0.5, 0.6) is 0 Å². The minimum absolute atomic E-state index is 0.0315. The molecule has 0 bridgehead atoms. The van der Waals surface area contributed by atoms with E-state index in [0.717, 1.165) is 16.1 Å². The molecule has 202 valence electrons. The van der Waals surface area contributed by atoms with Gasteiger partial charge in [0.2, 0.25) is 21.8 Å². The largest absolute Gasteiger partial charge is 0.354 e. The smallest absolute Gasteiger partial charge is 0.244 e. The number of para-hydroxylation sites is 1. The van der Waals surface area contributed by atoms with Crippen LogP contribution in [0, 0.1) is 5.82 Å². The highest BCUT2D eigenvalue weighted by molar-refractivity contribution is 7.92. The molecule has 0 heterocycles. The number of carbonyl (C=O) groups excluding carboxylic acids is 2. The molecule has 0 aliphatic heterocycles. The summed E-state index contributed by atoms with van der Waals surface area (Å²) in [5.74, 6) is -1.41. The number of anilines is 1. The Hall–Kier alpha value is -3.43. The number of hydrogen-bond donors (Lipinski definition) is 1. The Balaban J connectivity index is 2.04. The molecule has 0 fully saturated rings. The quantitative estimate of drug-likeness (QED) is 0.356. The zero-order valence-corrected chi connectivity index (χ0v) is 22.9. The van der Waals surface area contributed by atoms with E-state index in [2.05, 4.69) is 5.32 Å². The molecule has 0 saturated heterocycles. The van der Waals surface area contributed by atoms with E-state index in [1.165, 1.54) is 41.3 Å². The zero-order chi connectivity index (χ0) is 27.7. The number of hydrogen-bond acceptors (Lipinski definition) is 4. The normalized spacial score (nSPS) is 12.0. The molecule has 3 aromatic carbocycles. The molecule has 10 heteroatoms. The Bertz CT molecular complexity index is 1340. The molecule has 1 N–H and O–H groups in total. The highest BCUT2D eigenvalue weighted by Gasteiger charge is 2.33. The molecule has 7 nitrogen and oxygen atoms in total. The number of rotatable bonds is 12. The predicted molar refractivity (Wildman–Crippen MR) is 148 cm³/mol. The topological polar surface area (TPSA) is 86.8 Å². The molecule has 3 rings (SSSR count). The first-order valence-corrected chi connectivity index (χ1v) is 14.4. The van der Waals surface area contributed by atoms with Crippen LogP contribution in [-0.2, 0) is 32.6 Å². The number of halogens is 2. The van der Waals surface area contributed by atoms with Crippen LogP contribution in [-0.4, -0.2) is 50.5 Å². The van der Waals surface area contributed by atoms with Gasteiger partial charge in [-0.2, -0.15) is 0 Å². The lowest BCUT2D eigenvalue weighted by molar-refractivity contribution is -0.140. The van der Waals surface area contributed by atoms with Gasteiger partial charge < -0.3 is 10.2 Å². The summed E-state index contributed by atoms with van der Waals surface area (Å²) in [5.41, 5.74) is 1.57. The maximum atomic E-state index is 13.9. The first kappa shape index (κ1) is 29.1. The van der Waals surface area contributed by atoms with Crippen molar-refractivity contribution in [2.24, 2.45) is 0 Å². The fourth-order valence-electron chi connectivity index (χ4n) is 3.96. The van der Waals surface area contributed by atoms with E-state index in [9.17, 15) is 22.4 Å². The van der Waals surface area contributed by atoms with E-state index in [1.807, 2.05) is 37.3 Å². The number of amides is 2. The minimum Gasteiger partial charge on any atom is -0.354 e. The maximum absolute atomic E-state index is 13.9. The lowest BCUT2D eigenvalue weighted by Crippen LogP contribution is -2.53. The fourth-order valence-corrected chi connectivity index (χ4v) is 5.10. The van der Waals surface area contributed by atoms with E-state index in [0.29, 0.717) is 18.5 Å². The summed E-state index contributed by atoms with van der Waals surface area (Å²) >= 11 is 6.28. The van der Waals surface area contributed by atoms with Crippen LogP contribution in [0.25, 0.3) is 0 Å². The van der Waals surface area contributed by atoms with E-state index < -0.39 is 34.3 Å². The van der Waals surface area contributed by atoms with Gasteiger partial charge in [-0.05, 0) is 41.8 Å². The number of carbonyl (C=O) groups is 2. The molecule has 0 saturated carbocycles. The molecule has 1 atom stereocenters. The molecule has 0 spiro atoms. The van der Waals surface area contributed by atoms with E-state index in [4.69, 9.17) is 11.6 Å². The van der Waals surface area contributed by atoms with Gasteiger partial charge in [-0.3, -0.25) is 13.9 Å². The van der Waals surface area contributed by atoms with Gasteiger partial charge in [-0.15, -0.1) is 0 Å². The molecular weight excluding hydrogens is 529 g/mol. The Labute approximate surface area is 228 Å². The van der Waals surface area contributed by atoms with Gasteiger partial charge in [0.25, 0.3) is 0 Å². The van der Waals surface area contributed by atoms with Crippen molar-refractivity contribution in [2.75, 3.05) is 23.7 Å². The van der Waals surface area contributed by atoms with E-state index in [-0.39, 0.29) is 29.6 Å². The second kappa shape index (κ2) is 13.4. The van der Waals surface area contributed by atoms with Crippen molar-refractivity contribution in [2.45, 2.75) is 32.4 Å². The van der Waals surface area contributed by atoms with Gasteiger partial charge in [0, 0.05) is 19.5 Å². The lowest BCUT2D eigenvalue weighted by Gasteiger charge is -2.33. The third-order valence-electron chi connectivity index (χ3n) is 5.89. The number of nitrogens with one attached hydrogen (secondary N) is 1. The Morgan fingerprint density at radius 1 is 0.947 bits per heavy atom. The summed E-state index contributed by atoms with van der Waals surface area (Å²) < 4.78 is 40.0. The second-order valence-corrected chi connectivity index (χ2v) is 11.2. The van der Waals surface area contributed by atoms with Crippen molar-refractivity contribution >= 4 is 39.1 Å². The Kier molecular flexibility index (Phi) is 10.3. The minimum atomic E-state index is -3.92. The van der Waals surface area contributed by atoms with Gasteiger partial charge in [0.1, 0.15) is 18.4 Å². The summed E-state index contributed by atoms with van der Waals surface area (Å²) in [5, 5.41) is 3.03. The first-order valence-electron chi connectivity index (χ1n) is 12.2. The second-order valence-electron chi connectivity index (χ2n) is 8.87. The summed E-state index contributed by atoms with van der Waals surface area (Å²) in [7, 11) is -3.92.